The Kier molecular flexibility index (Phi) is 6.54. The number of hydrogen-bond donors (Lipinski definition) is 1. The molecular weight excluding hydrogens is 400 g/mol. The Hall–Kier alpha value is -3.88. The number of esters is 1. The SMILES string of the molecule is CCn1c(C)nc2cc(C(=O)N/N=C/c3cc(OC)c(OC(C)=O)c(OC)c3)ccc21. The molecule has 0 aliphatic heterocycles. The van der Waals surface area contributed by atoms with Gasteiger partial charge < -0.3 is 18.8 Å². The number of carbonyl (C=O) groups excluding carboxylic acids is 2. The number of hydrazone groups is 1. The van der Waals surface area contributed by atoms with Gasteiger partial charge in [-0.05, 0) is 44.2 Å². The number of carbonyl (C=O) groups is 2. The predicted molar refractivity (Wildman–Crippen MR) is 116 cm³/mol. The normalized spacial score (nSPS) is 11.0. The molecule has 1 amide bonds. The molecule has 3 aromatic rings. The maximum atomic E-state index is 12.5. The molecule has 0 saturated carbocycles. The van der Waals surface area contributed by atoms with E-state index in [0.29, 0.717) is 22.6 Å². The van der Waals surface area contributed by atoms with E-state index in [-0.39, 0.29) is 11.7 Å². The molecule has 0 unspecified atom stereocenters. The van der Waals surface area contributed by atoms with Crippen LogP contribution in [0.15, 0.2) is 35.4 Å². The van der Waals surface area contributed by atoms with Crippen molar-refractivity contribution in [3.05, 3.63) is 47.3 Å². The van der Waals surface area contributed by atoms with Crippen molar-refractivity contribution in [1.82, 2.24) is 15.0 Å². The lowest BCUT2D eigenvalue weighted by Gasteiger charge is -2.13. The van der Waals surface area contributed by atoms with E-state index in [0.717, 1.165) is 23.4 Å². The first-order valence-corrected chi connectivity index (χ1v) is 9.62. The van der Waals surface area contributed by atoms with E-state index in [2.05, 4.69) is 20.1 Å². The lowest BCUT2D eigenvalue weighted by molar-refractivity contribution is -0.132. The van der Waals surface area contributed by atoms with Gasteiger partial charge in [-0.1, -0.05) is 0 Å². The Labute approximate surface area is 179 Å². The number of methoxy groups -OCH3 is 2. The molecule has 0 radical (unpaired) electrons. The maximum absolute atomic E-state index is 12.5. The van der Waals surface area contributed by atoms with E-state index >= 15 is 0 Å². The number of nitrogens with one attached hydrogen (secondary N) is 1. The standard InChI is InChI=1S/C22H24N4O5/c1-6-26-13(2)24-17-11-16(7-8-18(17)26)22(28)25-23-12-15-9-19(29-4)21(31-14(3)27)20(10-15)30-5/h7-12H,6H2,1-5H3,(H,25,28)/b23-12+. The number of ether oxygens (including phenoxy) is 3. The number of hydrogen-bond acceptors (Lipinski definition) is 7. The maximum Gasteiger partial charge on any atom is 0.308 e. The summed E-state index contributed by atoms with van der Waals surface area (Å²) in [5.41, 5.74) is 5.26. The van der Waals surface area contributed by atoms with Gasteiger partial charge in [-0.3, -0.25) is 9.59 Å². The van der Waals surface area contributed by atoms with Crippen LogP contribution in [0.25, 0.3) is 11.0 Å². The third-order valence-corrected chi connectivity index (χ3v) is 4.63. The molecule has 1 N–H and O–H groups in total. The van der Waals surface area contributed by atoms with Crippen LogP contribution in [0, 0.1) is 6.92 Å². The summed E-state index contributed by atoms with van der Waals surface area (Å²) in [6.07, 6.45) is 1.44. The van der Waals surface area contributed by atoms with Crippen molar-refractivity contribution in [2.24, 2.45) is 5.10 Å². The summed E-state index contributed by atoms with van der Waals surface area (Å²) in [6.45, 7) is 6.07. The van der Waals surface area contributed by atoms with Crippen molar-refractivity contribution in [3.63, 3.8) is 0 Å². The molecule has 0 spiro atoms. The first-order chi connectivity index (χ1) is 14.9. The van der Waals surface area contributed by atoms with E-state index in [1.165, 1.54) is 27.4 Å². The Morgan fingerprint density at radius 1 is 1.16 bits per heavy atom. The second kappa shape index (κ2) is 9.29. The molecule has 2 aromatic carbocycles. The van der Waals surface area contributed by atoms with E-state index in [1.807, 2.05) is 19.9 Å². The fourth-order valence-corrected chi connectivity index (χ4v) is 3.24. The summed E-state index contributed by atoms with van der Waals surface area (Å²) in [5.74, 6) is 0.810. The average molecular weight is 424 g/mol. The molecule has 9 heteroatoms. The smallest absolute Gasteiger partial charge is 0.308 e. The Balaban J connectivity index is 1.79. The lowest BCUT2D eigenvalue weighted by Crippen LogP contribution is -2.17. The number of nitrogens with zero attached hydrogens (tertiary/aromatic N) is 3. The highest BCUT2D eigenvalue weighted by atomic mass is 16.6. The van der Waals surface area contributed by atoms with Crippen LogP contribution in [0.5, 0.6) is 17.2 Å². The topological polar surface area (TPSA) is 104 Å². The van der Waals surface area contributed by atoms with Gasteiger partial charge in [0.15, 0.2) is 11.5 Å². The van der Waals surface area contributed by atoms with Gasteiger partial charge in [0.25, 0.3) is 5.91 Å². The number of fused-ring (bicyclic) bond motifs is 1. The van der Waals surface area contributed by atoms with E-state index < -0.39 is 5.97 Å². The first kappa shape index (κ1) is 21.8. The second-order valence-corrected chi connectivity index (χ2v) is 6.65. The number of rotatable bonds is 7. The summed E-state index contributed by atoms with van der Waals surface area (Å²) >= 11 is 0. The number of imidazole rings is 1. The number of amides is 1. The summed E-state index contributed by atoms with van der Waals surface area (Å²) < 4.78 is 17.8. The molecule has 9 nitrogen and oxygen atoms in total. The highest BCUT2D eigenvalue weighted by Crippen LogP contribution is 2.38. The van der Waals surface area contributed by atoms with E-state index in [1.54, 1.807) is 24.3 Å². The number of aryl methyl sites for hydroxylation is 2. The van der Waals surface area contributed by atoms with Gasteiger partial charge in [0.2, 0.25) is 5.75 Å². The molecule has 31 heavy (non-hydrogen) atoms. The molecule has 3 rings (SSSR count). The minimum atomic E-state index is -0.499. The predicted octanol–water partition coefficient (Wildman–Crippen LogP) is 3.07. The molecule has 162 valence electrons. The molecule has 0 saturated heterocycles. The average Bonchev–Trinajstić information content (AvgIpc) is 3.07. The highest BCUT2D eigenvalue weighted by Gasteiger charge is 2.16. The van der Waals surface area contributed by atoms with Gasteiger partial charge >= 0.3 is 5.97 Å². The minimum absolute atomic E-state index is 0.175. The number of benzene rings is 2. The van der Waals surface area contributed by atoms with Gasteiger partial charge in [0.05, 0.1) is 31.5 Å². The van der Waals surface area contributed by atoms with Crippen molar-refractivity contribution in [2.45, 2.75) is 27.3 Å². The molecule has 0 atom stereocenters. The zero-order chi connectivity index (χ0) is 22.5. The van der Waals surface area contributed by atoms with E-state index in [9.17, 15) is 9.59 Å². The highest BCUT2D eigenvalue weighted by molar-refractivity contribution is 5.98. The summed E-state index contributed by atoms with van der Waals surface area (Å²) in [5, 5.41) is 4.01. The van der Waals surface area contributed by atoms with Crippen molar-refractivity contribution < 1.29 is 23.8 Å². The molecular formula is C22H24N4O5. The van der Waals surface area contributed by atoms with Crippen LogP contribution >= 0.6 is 0 Å². The zero-order valence-electron chi connectivity index (χ0n) is 18.1. The molecule has 1 aromatic heterocycles. The van der Waals surface area contributed by atoms with Gasteiger partial charge in [0.1, 0.15) is 5.82 Å². The third-order valence-electron chi connectivity index (χ3n) is 4.63. The van der Waals surface area contributed by atoms with Crippen molar-refractivity contribution in [1.29, 1.82) is 0 Å². The monoisotopic (exact) mass is 424 g/mol. The lowest BCUT2D eigenvalue weighted by atomic mass is 10.2. The quantitative estimate of drug-likeness (QED) is 0.271. The van der Waals surface area contributed by atoms with Gasteiger partial charge in [-0.25, -0.2) is 10.4 Å². The Morgan fingerprint density at radius 3 is 2.42 bits per heavy atom. The molecule has 0 aliphatic rings. The first-order valence-electron chi connectivity index (χ1n) is 9.62. The van der Waals surface area contributed by atoms with Gasteiger partial charge in [-0.2, -0.15) is 5.10 Å². The second-order valence-electron chi connectivity index (χ2n) is 6.65. The summed E-state index contributed by atoms with van der Waals surface area (Å²) in [7, 11) is 2.89. The van der Waals surface area contributed by atoms with Crippen molar-refractivity contribution in [3.8, 4) is 17.2 Å². The minimum Gasteiger partial charge on any atom is -0.493 e. The molecule has 0 aliphatic carbocycles. The Bertz CT molecular complexity index is 1140. The fraction of sp³-hybridized carbons (Fsp3) is 0.273. The van der Waals surface area contributed by atoms with Gasteiger partial charge in [0, 0.05) is 24.6 Å². The van der Waals surface area contributed by atoms with Crippen LogP contribution in [0.3, 0.4) is 0 Å². The number of aromatic nitrogens is 2. The molecule has 1 heterocycles. The zero-order valence-corrected chi connectivity index (χ0v) is 18.1. The van der Waals surface area contributed by atoms with E-state index in [4.69, 9.17) is 14.2 Å². The van der Waals surface area contributed by atoms with Crippen molar-refractivity contribution >= 4 is 29.1 Å². The summed E-state index contributed by atoms with van der Waals surface area (Å²) in [4.78, 5) is 28.3. The van der Waals surface area contributed by atoms with Gasteiger partial charge in [-0.15, -0.1) is 0 Å². The summed E-state index contributed by atoms with van der Waals surface area (Å²) in [6, 6.07) is 8.58. The molecule has 0 fully saturated rings. The Morgan fingerprint density at radius 2 is 1.84 bits per heavy atom. The third kappa shape index (κ3) is 4.66. The van der Waals surface area contributed by atoms with Crippen LogP contribution in [-0.4, -0.2) is 41.9 Å². The van der Waals surface area contributed by atoms with Crippen molar-refractivity contribution in [2.75, 3.05) is 14.2 Å². The van der Waals surface area contributed by atoms with Crippen LogP contribution in [0.2, 0.25) is 0 Å². The van der Waals surface area contributed by atoms with Crippen LogP contribution in [0.4, 0.5) is 0 Å². The van der Waals surface area contributed by atoms with Crippen LogP contribution < -0.4 is 19.6 Å². The largest absolute Gasteiger partial charge is 0.493 e. The molecule has 0 bridgehead atoms. The van der Waals surface area contributed by atoms with Crippen LogP contribution in [0.1, 0.15) is 35.6 Å². The van der Waals surface area contributed by atoms with Crippen LogP contribution in [-0.2, 0) is 11.3 Å². The fourth-order valence-electron chi connectivity index (χ4n) is 3.24.